The monoisotopic (exact) mass is 340 g/mol. The van der Waals surface area contributed by atoms with E-state index >= 15 is 0 Å². The highest BCUT2D eigenvalue weighted by atomic mass is 79.9. The maximum absolute atomic E-state index is 12.6. The van der Waals surface area contributed by atoms with Crippen LogP contribution in [-0.2, 0) is 9.53 Å². The summed E-state index contributed by atoms with van der Waals surface area (Å²) < 4.78 is 5.85. The second-order valence-corrected chi connectivity index (χ2v) is 5.86. The zero-order valence-corrected chi connectivity index (χ0v) is 13.1. The van der Waals surface area contributed by atoms with Crippen molar-refractivity contribution in [1.82, 2.24) is 9.88 Å². The van der Waals surface area contributed by atoms with Crippen molar-refractivity contribution in [3.8, 4) is 0 Å². The molecule has 1 saturated heterocycles. The Morgan fingerprint density at radius 1 is 1.50 bits per heavy atom. The van der Waals surface area contributed by atoms with Gasteiger partial charge in [-0.2, -0.15) is 0 Å². The molecule has 0 aromatic carbocycles. The maximum Gasteiger partial charge on any atom is 0.331 e. The summed E-state index contributed by atoms with van der Waals surface area (Å²) in [6.07, 6.45) is 4.55. The number of esters is 1. The van der Waals surface area contributed by atoms with Gasteiger partial charge in [0, 0.05) is 23.4 Å². The SMILES string of the molecule is CCOC(=O)C1(C)CCCN1C(=O)c1cncc(Br)c1. The first-order valence-electron chi connectivity index (χ1n) is 6.59. The third-order valence-corrected chi connectivity index (χ3v) is 3.99. The Labute approximate surface area is 126 Å². The number of hydrogen-bond acceptors (Lipinski definition) is 4. The minimum absolute atomic E-state index is 0.188. The second kappa shape index (κ2) is 5.91. The van der Waals surface area contributed by atoms with E-state index in [4.69, 9.17) is 4.74 Å². The molecule has 0 saturated carbocycles. The van der Waals surface area contributed by atoms with E-state index in [1.807, 2.05) is 0 Å². The molecular weight excluding hydrogens is 324 g/mol. The van der Waals surface area contributed by atoms with Gasteiger partial charge in [0.05, 0.1) is 12.2 Å². The lowest BCUT2D eigenvalue weighted by molar-refractivity contribution is -0.153. The summed E-state index contributed by atoms with van der Waals surface area (Å²) in [6.45, 7) is 4.40. The van der Waals surface area contributed by atoms with Crippen LogP contribution in [0.4, 0.5) is 0 Å². The van der Waals surface area contributed by atoms with Crippen LogP contribution in [0.3, 0.4) is 0 Å². The van der Waals surface area contributed by atoms with Crippen molar-refractivity contribution in [3.63, 3.8) is 0 Å². The molecule has 108 valence electrons. The van der Waals surface area contributed by atoms with Gasteiger partial charge in [-0.25, -0.2) is 4.79 Å². The van der Waals surface area contributed by atoms with E-state index in [1.165, 1.54) is 6.20 Å². The molecule has 0 N–H and O–H groups in total. The van der Waals surface area contributed by atoms with Gasteiger partial charge >= 0.3 is 5.97 Å². The predicted octanol–water partition coefficient (Wildman–Crippen LogP) is 2.40. The highest BCUT2D eigenvalue weighted by Crippen LogP contribution is 2.32. The normalized spacial score (nSPS) is 21.9. The summed E-state index contributed by atoms with van der Waals surface area (Å²) in [5, 5.41) is 0. The molecular formula is C14H17BrN2O3. The average Bonchev–Trinajstić information content (AvgIpc) is 2.81. The fourth-order valence-corrected chi connectivity index (χ4v) is 2.84. The lowest BCUT2D eigenvalue weighted by Crippen LogP contribution is -2.51. The van der Waals surface area contributed by atoms with Crippen LogP contribution < -0.4 is 0 Å². The second-order valence-electron chi connectivity index (χ2n) is 4.95. The van der Waals surface area contributed by atoms with Gasteiger partial charge in [-0.15, -0.1) is 0 Å². The van der Waals surface area contributed by atoms with Gasteiger partial charge < -0.3 is 9.64 Å². The highest BCUT2D eigenvalue weighted by molar-refractivity contribution is 9.10. The van der Waals surface area contributed by atoms with Crippen molar-refractivity contribution >= 4 is 27.8 Å². The van der Waals surface area contributed by atoms with E-state index < -0.39 is 5.54 Å². The van der Waals surface area contributed by atoms with Gasteiger partial charge in [0.25, 0.3) is 5.91 Å². The number of carbonyl (C=O) groups excluding carboxylic acids is 2. The van der Waals surface area contributed by atoms with E-state index in [0.717, 1.165) is 10.9 Å². The lowest BCUT2D eigenvalue weighted by Gasteiger charge is -2.32. The van der Waals surface area contributed by atoms with Crippen molar-refractivity contribution in [2.45, 2.75) is 32.2 Å². The van der Waals surface area contributed by atoms with E-state index in [0.29, 0.717) is 25.1 Å². The third kappa shape index (κ3) is 2.70. The number of hydrogen-bond donors (Lipinski definition) is 0. The Bertz CT molecular complexity index is 535. The molecule has 20 heavy (non-hydrogen) atoms. The summed E-state index contributed by atoms with van der Waals surface area (Å²) >= 11 is 3.30. The summed E-state index contributed by atoms with van der Waals surface area (Å²) in [4.78, 5) is 30.3. The Hall–Kier alpha value is -1.43. The predicted molar refractivity (Wildman–Crippen MR) is 77.2 cm³/mol. The smallest absolute Gasteiger partial charge is 0.331 e. The van der Waals surface area contributed by atoms with Gasteiger partial charge in [0.2, 0.25) is 0 Å². The van der Waals surface area contributed by atoms with Crippen LogP contribution in [0.1, 0.15) is 37.0 Å². The zero-order chi connectivity index (χ0) is 14.8. The van der Waals surface area contributed by atoms with E-state index in [1.54, 1.807) is 31.0 Å². The number of carbonyl (C=O) groups is 2. The lowest BCUT2D eigenvalue weighted by atomic mass is 9.98. The van der Waals surface area contributed by atoms with Crippen LogP contribution in [0, 0.1) is 0 Å². The number of ether oxygens (including phenoxy) is 1. The molecule has 1 unspecified atom stereocenters. The zero-order valence-electron chi connectivity index (χ0n) is 11.6. The number of nitrogens with zero attached hydrogens (tertiary/aromatic N) is 2. The molecule has 5 nitrogen and oxygen atoms in total. The van der Waals surface area contributed by atoms with Gasteiger partial charge in [-0.05, 0) is 48.7 Å². The molecule has 2 rings (SSSR count). The van der Waals surface area contributed by atoms with E-state index in [2.05, 4.69) is 20.9 Å². The van der Waals surface area contributed by atoms with Crippen molar-refractivity contribution < 1.29 is 14.3 Å². The fraction of sp³-hybridized carbons (Fsp3) is 0.500. The minimum Gasteiger partial charge on any atom is -0.464 e. The Kier molecular flexibility index (Phi) is 4.42. The average molecular weight is 341 g/mol. The van der Waals surface area contributed by atoms with Crippen molar-refractivity contribution in [2.24, 2.45) is 0 Å². The Morgan fingerprint density at radius 2 is 2.25 bits per heavy atom. The number of pyridine rings is 1. The van der Waals surface area contributed by atoms with Crippen molar-refractivity contribution in [2.75, 3.05) is 13.2 Å². The van der Waals surface area contributed by atoms with E-state index in [9.17, 15) is 9.59 Å². The van der Waals surface area contributed by atoms with Crippen LogP contribution in [-0.4, -0.2) is 40.5 Å². The number of aromatic nitrogens is 1. The number of halogens is 1. The number of likely N-dealkylation sites (tertiary alicyclic amines) is 1. The minimum atomic E-state index is -0.880. The maximum atomic E-state index is 12.6. The van der Waals surface area contributed by atoms with Crippen molar-refractivity contribution in [1.29, 1.82) is 0 Å². The van der Waals surface area contributed by atoms with Crippen molar-refractivity contribution in [3.05, 3.63) is 28.5 Å². The molecule has 0 aliphatic carbocycles. The molecule has 1 aromatic rings. The largest absolute Gasteiger partial charge is 0.464 e. The van der Waals surface area contributed by atoms with Gasteiger partial charge in [0.1, 0.15) is 5.54 Å². The van der Waals surface area contributed by atoms with Gasteiger partial charge in [-0.3, -0.25) is 9.78 Å². The van der Waals surface area contributed by atoms with Crippen LogP contribution in [0.15, 0.2) is 22.9 Å². The van der Waals surface area contributed by atoms with Crippen LogP contribution in [0.25, 0.3) is 0 Å². The Balaban J connectivity index is 2.26. The Morgan fingerprint density at radius 3 is 2.90 bits per heavy atom. The molecule has 6 heteroatoms. The summed E-state index contributed by atoms with van der Waals surface area (Å²) in [6, 6.07) is 1.71. The molecule has 1 aromatic heterocycles. The standard InChI is InChI=1S/C14H17BrN2O3/c1-3-20-13(19)14(2)5-4-6-17(14)12(18)10-7-11(15)9-16-8-10/h7-9H,3-6H2,1-2H3. The number of amides is 1. The fourth-order valence-electron chi connectivity index (χ4n) is 2.47. The summed E-state index contributed by atoms with van der Waals surface area (Å²) in [5.41, 5.74) is -0.410. The topological polar surface area (TPSA) is 59.5 Å². The van der Waals surface area contributed by atoms with Crippen LogP contribution in [0.5, 0.6) is 0 Å². The van der Waals surface area contributed by atoms with Crippen LogP contribution in [0.2, 0.25) is 0 Å². The molecule has 0 spiro atoms. The van der Waals surface area contributed by atoms with E-state index in [-0.39, 0.29) is 11.9 Å². The molecule has 0 bridgehead atoms. The quantitative estimate of drug-likeness (QED) is 0.792. The molecule has 0 radical (unpaired) electrons. The third-order valence-electron chi connectivity index (χ3n) is 3.55. The first kappa shape index (κ1) is 15.0. The highest BCUT2D eigenvalue weighted by Gasteiger charge is 2.47. The molecule has 1 fully saturated rings. The molecule has 1 aliphatic rings. The molecule has 1 aliphatic heterocycles. The van der Waals surface area contributed by atoms with Crippen LogP contribution >= 0.6 is 15.9 Å². The number of rotatable bonds is 3. The molecule has 1 atom stereocenters. The molecule has 1 amide bonds. The van der Waals surface area contributed by atoms with Gasteiger partial charge in [0.15, 0.2) is 0 Å². The first-order valence-corrected chi connectivity index (χ1v) is 7.38. The van der Waals surface area contributed by atoms with Gasteiger partial charge in [-0.1, -0.05) is 0 Å². The first-order chi connectivity index (χ1) is 9.49. The summed E-state index contributed by atoms with van der Waals surface area (Å²) in [5.74, 6) is -0.527. The summed E-state index contributed by atoms with van der Waals surface area (Å²) in [7, 11) is 0. The molecule has 2 heterocycles.